The Morgan fingerprint density at radius 2 is 1.83 bits per heavy atom. The van der Waals surface area contributed by atoms with Gasteiger partial charge in [-0.05, 0) is 50.7 Å². The molecule has 0 bridgehead atoms. The van der Waals surface area contributed by atoms with E-state index in [0.717, 1.165) is 42.9 Å². The van der Waals surface area contributed by atoms with Crippen LogP contribution in [0.1, 0.15) is 30.9 Å². The number of aliphatic hydroxyl groups excluding tert-OH is 1. The summed E-state index contributed by atoms with van der Waals surface area (Å²) in [6.45, 7) is 7.72. The van der Waals surface area contributed by atoms with Gasteiger partial charge in [0.1, 0.15) is 0 Å². The summed E-state index contributed by atoms with van der Waals surface area (Å²) >= 11 is 5.96. The molecule has 1 aliphatic heterocycles. The molecule has 1 aliphatic rings. The van der Waals surface area contributed by atoms with Crippen molar-refractivity contribution in [2.24, 2.45) is 5.92 Å². The summed E-state index contributed by atoms with van der Waals surface area (Å²) < 4.78 is 0. The molecule has 0 spiro atoms. The van der Waals surface area contributed by atoms with E-state index in [1.807, 2.05) is 20.8 Å². The van der Waals surface area contributed by atoms with E-state index in [9.17, 15) is 5.11 Å². The maximum Gasteiger partial charge on any atom is 0.155 e. The zero-order valence-corrected chi connectivity index (χ0v) is 11.9. The fourth-order valence-electron chi connectivity index (χ4n) is 2.46. The Morgan fingerprint density at radius 3 is 2.39 bits per heavy atom. The Morgan fingerprint density at radius 1 is 1.22 bits per heavy atom. The topological polar surface area (TPSA) is 49.2 Å². The summed E-state index contributed by atoms with van der Waals surface area (Å²) in [4.78, 5) is 2.24. The first-order valence-electron chi connectivity index (χ1n) is 6.43. The number of nitrogens with zero attached hydrogens (tertiary/aromatic N) is 3. The molecule has 0 saturated carbocycles. The van der Waals surface area contributed by atoms with E-state index in [4.69, 9.17) is 11.6 Å². The number of aliphatic hydroxyl groups is 1. The van der Waals surface area contributed by atoms with Gasteiger partial charge in [-0.15, -0.1) is 10.2 Å². The fourth-order valence-corrected chi connectivity index (χ4v) is 2.64. The van der Waals surface area contributed by atoms with E-state index in [1.54, 1.807) is 0 Å². The Bertz CT molecular complexity index is 428. The number of aromatic nitrogens is 2. The van der Waals surface area contributed by atoms with Gasteiger partial charge in [-0.2, -0.15) is 0 Å². The predicted molar refractivity (Wildman–Crippen MR) is 73.1 cm³/mol. The standard InChI is InChI=1S/C13H20ClN3O/c1-8-9(2)13(16-15-12(8)14)17-6-4-11(5-7-17)10(3)18/h10-11,18H,4-7H2,1-3H3. The minimum Gasteiger partial charge on any atom is -0.393 e. The number of hydrogen-bond acceptors (Lipinski definition) is 4. The van der Waals surface area contributed by atoms with Crippen LogP contribution in [0.2, 0.25) is 5.15 Å². The van der Waals surface area contributed by atoms with Gasteiger partial charge >= 0.3 is 0 Å². The van der Waals surface area contributed by atoms with Crippen molar-refractivity contribution in [1.29, 1.82) is 0 Å². The molecule has 0 amide bonds. The van der Waals surface area contributed by atoms with Gasteiger partial charge in [-0.3, -0.25) is 0 Å². The molecular weight excluding hydrogens is 250 g/mol. The molecule has 0 aliphatic carbocycles. The molecule has 1 aromatic heterocycles. The minimum absolute atomic E-state index is 0.216. The summed E-state index contributed by atoms with van der Waals surface area (Å²) in [7, 11) is 0. The third kappa shape index (κ3) is 2.59. The third-order valence-electron chi connectivity index (χ3n) is 3.96. The van der Waals surface area contributed by atoms with Crippen molar-refractivity contribution >= 4 is 17.4 Å². The van der Waals surface area contributed by atoms with Crippen LogP contribution in [0.25, 0.3) is 0 Å². The van der Waals surface area contributed by atoms with Crippen molar-refractivity contribution in [1.82, 2.24) is 10.2 Å². The van der Waals surface area contributed by atoms with Crippen LogP contribution in [0, 0.1) is 19.8 Å². The average Bonchev–Trinajstić information content (AvgIpc) is 2.36. The third-order valence-corrected chi connectivity index (χ3v) is 4.32. The van der Waals surface area contributed by atoms with Crippen LogP contribution in [0.3, 0.4) is 0 Å². The molecule has 0 aromatic carbocycles. The first-order valence-corrected chi connectivity index (χ1v) is 6.81. The lowest BCUT2D eigenvalue weighted by Crippen LogP contribution is -2.38. The summed E-state index contributed by atoms with van der Waals surface area (Å²) in [5.74, 6) is 1.34. The number of piperidine rings is 1. The highest BCUT2D eigenvalue weighted by molar-refractivity contribution is 6.30. The quantitative estimate of drug-likeness (QED) is 0.895. The van der Waals surface area contributed by atoms with Crippen molar-refractivity contribution in [3.05, 3.63) is 16.3 Å². The molecule has 100 valence electrons. The van der Waals surface area contributed by atoms with E-state index in [1.165, 1.54) is 0 Å². The van der Waals surface area contributed by atoms with Crippen molar-refractivity contribution in [3.63, 3.8) is 0 Å². The van der Waals surface area contributed by atoms with Crippen LogP contribution in [0.15, 0.2) is 0 Å². The second-order valence-electron chi connectivity index (χ2n) is 5.13. The molecule has 1 N–H and O–H groups in total. The molecule has 0 radical (unpaired) electrons. The minimum atomic E-state index is -0.216. The number of halogens is 1. The SMILES string of the molecule is Cc1c(Cl)nnc(N2CCC(C(C)O)CC2)c1C. The van der Waals surface area contributed by atoms with Crippen molar-refractivity contribution in [3.8, 4) is 0 Å². The number of hydrogen-bond donors (Lipinski definition) is 1. The average molecular weight is 270 g/mol. The summed E-state index contributed by atoms with van der Waals surface area (Å²) in [6, 6.07) is 0. The summed E-state index contributed by atoms with van der Waals surface area (Å²) in [5, 5.41) is 18.3. The van der Waals surface area contributed by atoms with Crippen LogP contribution >= 0.6 is 11.6 Å². The van der Waals surface area contributed by atoms with Gasteiger partial charge in [0.05, 0.1) is 6.10 Å². The van der Waals surface area contributed by atoms with Crippen molar-refractivity contribution in [2.75, 3.05) is 18.0 Å². The van der Waals surface area contributed by atoms with Gasteiger partial charge in [0.25, 0.3) is 0 Å². The largest absolute Gasteiger partial charge is 0.393 e. The zero-order chi connectivity index (χ0) is 13.3. The predicted octanol–water partition coefficient (Wildman–Crippen LogP) is 2.34. The van der Waals surface area contributed by atoms with Gasteiger partial charge in [0.2, 0.25) is 0 Å². The zero-order valence-electron chi connectivity index (χ0n) is 11.1. The first-order chi connectivity index (χ1) is 8.50. The summed E-state index contributed by atoms with van der Waals surface area (Å²) in [5.41, 5.74) is 2.10. The van der Waals surface area contributed by atoms with Crippen molar-refractivity contribution < 1.29 is 5.11 Å². The highest BCUT2D eigenvalue weighted by Gasteiger charge is 2.25. The summed E-state index contributed by atoms with van der Waals surface area (Å²) in [6.07, 6.45) is 1.78. The first kappa shape index (κ1) is 13.6. The Labute approximate surface area is 113 Å². The van der Waals surface area contributed by atoms with Crippen molar-refractivity contribution in [2.45, 2.75) is 39.7 Å². The van der Waals surface area contributed by atoms with Crippen LogP contribution in [0.5, 0.6) is 0 Å². The van der Waals surface area contributed by atoms with E-state index < -0.39 is 0 Å². The van der Waals surface area contributed by atoms with Crippen LogP contribution in [0.4, 0.5) is 5.82 Å². The molecule has 1 unspecified atom stereocenters. The lowest BCUT2D eigenvalue weighted by atomic mass is 9.92. The highest BCUT2D eigenvalue weighted by Crippen LogP contribution is 2.28. The molecule has 1 fully saturated rings. The molecular formula is C13H20ClN3O. The Kier molecular flexibility index (Phi) is 4.07. The van der Waals surface area contributed by atoms with Crippen LogP contribution in [-0.4, -0.2) is 34.5 Å². The normalized spacial score (nSPS) is 19.1. The fraction of sp³-hybridized carbons (Fsp3) is 0.692. The molecule has 18 heavy (non-hydrogen) atoms. The van der Waals surface area contributed by atoms with E-state index >= 15 is 0 Å². The Balaban J connectivity index is 2.13. The lowest BCUT2D eigenvalue weighted by molar-refractivity contribution is 0.109. The lowest BCUT2D eigenvalue weighted by Gasteiger charge is -2.34. The molecule has 4 nitrogen and oxygen atoms in total. The monoisotopic (exact) mass is 269 g/mol. The molecule has 2 rings (SSSR count). The van der Waals surface area contributed by atoms with E-state index in [-0.39, 0.29) is 6.10 Å². The van der Waals surface area contributed by atoms with Gasteiger partial charge < -0.3 is 10.0 Å². The smallest absolute Gasteiger partial charge is 0.155 e. The number of rotatable bonds is 2. The molecule has 5 heteroatoms. The van der Waals surface area contributed by atoms with E-state index in [2.05, 4.69) is 15.1 Å². The molecule has 1 atom stereocenters. The maximum atomic E-state index is 9.61. The highest BCUT2D eigenvalue weighted by atomic mass is 35.5. The Hall–Kier alpha value is -0.870. The van der Waals surface area contributed by atoms with Gasteiger partial charge in [-0.25, -0.2) is 0 Å². The molecule has 1 saturated heterocycles. The molecule has 2 heterocycles. The molecule has 1 aromatic rings. The second kappa shape index (κ2) is 5.41. The second-order valence-corrected chi connectivity index (χ2v) is 5.49. The van der Waals surface area contributed by atoms with E-state index in [0.29, 0.717) is 11.1 Å². The van der Waals surface area contributed by atoms with Gasteiger partial charge in [0, 0.05) is 13.1 Å². The maximum absolute atomic E-state index is 9.61. The van der Waals surface area contributed by atoms with Gasteiger partial charge in [0.15, 0.2) is 11.0 Å². The van der Waals surface area contributed by atoms with Crippen LogP contribution in [-0.2, 0) is 0 Å². The van der Waals surface area contributed by atoms with Crippen LogP contribution < -0.4 is 4.90 Å². The number of anilines is 1. The van der Waals surface area contributed by atoms with Gasteiger partial charge in [-0.1, -0.05) is 11.6 Å².